The average molecular weight is 310 g/mol. The number of aromatic nitrogens is 1. The third-order valence-corrected chi connectivity index (χ3v) is 5.57. The van der Waals surface area contributed by atoms with Crippen LogP contribution in [0.15, 0.2) is 24.3 Å². The number of benzene rings is 1. The first kappa shape index (κ1) is 14.1. The Bertz CT molecular complexity index is 826. The number of carbonyl (C=O) groups excluding carboxylic acids is 1. The van der Waals surface area contributed by atoms with Crippen LogP contribution in [0.5, 0.6) is 0 Å². The summed E-state index contributed by atoms with van der Waals surface area (Å²) in [4.78, 5) is 12.3. The zero-order chi connectivity index (χ0) is 15.2. The first-order valence-corrected chi connectivity index (χ1v) is 8.44. The second-order valence-electron chi connectivity index (χ2n) is 5.37. The second kappa shape index (κ2) is 4.84. The molecule has 1 aromatic heterocycles. The van der Waals surface area contributed by atoms with Crippen molar-refractivity contribution >= 4 is 26.6 Å². The number of carbonyl (C=O) groups is 1. The minimum absolute atomic E-state index is 0.0166. The molecule has 1 unspecified atom stereocenters. The lowest BCUT2D eigenvalue weighted by molar-refractivity contribution is 0.0933. The molecule has 1 aliphatic heterocycles. The van der Waals surface area contributed by atoms with Gasteiger partial charge >= 0.3 is 0 Å². The van der Waals surface area contributed by atoms with Crippen LogP contribution in [0.1, 0.15) is 16.9 Å². The number of nitrogens with one attached hydrogen (secondary N) is 1. The van der Waals surface area contributed by atoms with Crippen molar-refractivity contribution in [1.29, 1.82) is 0 Å². The molecule has 2 aromatic rings. The van der Waals surface area contributed by atoms with Crippen molar-refractivity contribution < 1.29 is 17.6 Å². The molecular weight excluding hydrogens is 295 g/mol. The molecule has 0 bridgehead atoms. The highest BCUT2D eigenvalue weighted by Gasteiger charge is 2.29. The van der Waals surface area contributed by atoms with Crippen LogP contribution in [0, 0.1) is 5.82 Å². The molecule has 2 heterocycles. The maximum absolute atomic E-state index is 13.2. The van der Waals surface area contributed by atoms with Gasteiger partial charge in [0, 0.05) is 24.0 Å². The smallest absolute Gasteiger partial charge is 0.268 e. The maximum atomic E-state index is 13.2. The fourth-order valence-corrected chi connectivity index (χ4v) is 4.38. The van der Waals surface area contributed by atoms with E-state index in [0.29, 0.717) is 17.5 Å². The molecule has 7 heteroatoms. The highest BCUT2D eigenvalue weighted by atomic mass is 32.2. The van der Waals surface area contributed by atoms with Gasteiger partial charge in [-0.15, -0.1) is 0 Å². The van der Waals surface area contributed by atoms with E-state index in [1.807, 2.05) is 0 Å². The third kappa shape index (κ3) is 2.65. The lowest BCUT2D eigenvalue weighted by Gasteiger charge is -2.11. The van der Waals surface area contributed by atoms with Crippen LogP contribution in [0.25, 0.3) is 10.9 Å². The Kier molecular flexibility index (Phi) is 3.24. The van der Waals surface area contributed by atoms with Gasteiger partial charge in [-0.1, -0.05) is 0 Å². The van der Waals surface area contributed by atoms with E-state index in [1.165, 1.54) is 12.1 Å². The van der Waals surface area contributed by atoms with E-state index in [4.69, 9.17) is 0 Å². The molecule has 1 aliphatic rings. The van der Waals surface area contributed by atoms with Gasteiger partial charge in [-0.3, -0.25) is 4.79 Å². The quantitative estimate of drug-likeness (QED) is 0.907. The molecular formula is C14H15FN2O3S. The second-order valence-corrected chi connectivity index (χ2v) is 7.59. The minimum atomic E-state index is -3.03. The highest BCUT2D eigenvalue weighted by molar-refractivity contribution is 7.91. The first-order chi connectivity index (χ1) is 9.85. The summed E-state index contributed by atoms with van der Waals surface area (Å²) in [6.07, 6.45) is 0.437. The van der Waals surface area contributed by atoms with Crippen LogP contribution in [-0.2, 0) is 16.9 Å². The molecule has 112 valence electrons. The molecule has 0 saturated carbocycles. The van der Waals surface area contributed by atoms with Crippen LogP contribution < -0.4 is 5.32 Å². The number of sulfone groups is 1. The highest BCUT2D eigenvalue weighted by Crippen LogP contribution is 2.20. The largest absolute Gasteiger partial charge is 0.347 e. The van der Waals surface area contributed by atoms with Gasteiger partial charge in [-0.05, 0) is 30.7 Å². The summed E-state index contributed by atoms with van der Waals surface area (Å²) in [5, 5.41) is 3.37. The lowest BCUT2D eigenvalue weighted by Crippen LogP contribution is -2.36. The Hall–Kier alpha value is -1.89. The average Bonchev–Trinajstić information content (AvgIpc) is 2.90. The van der Waals surface area contributed by atoms with Crippen LogP contribution in [0.4, 0.5) is 4.39 Å². The lowest BCUT2D eigenvalue weighted by atomic mass is 10.2. The van der Waals surface area contributed by atoms with Crippen molar-refractivity contribution in [3.8, 4) is 0 Å². The number of fused-ring (bicyclic) bond motifs is 1. The van der Waals surface area contributed by atoms with Crippen molar-refractivity contribution in [3.05, 3.63) is 35.8 Å². The number of rotatable bonds is 2. The number of nitrogens with zero attached hydrogens (tertiary/aromatic N) is 1. The van der Waals surface area contributed by atoms with E-state index in [-0.39, 0.29) is 29.3 Å². The Labute approximate surface area is 121 Å². The van der Waals surface area contributed by atoms with E-state index < -0.39 is 9.84 Å². The first-order valence-electron chi connectivity index (χ1n) is 6.62. The number of hydrogen-bond donors (Lipinski definition) is 1. The summed E-state index contributed by atoms with van der Waals surface area (Å²) in [5.41, 5.74) is 1.14. The van der Waals surface area contributed by atoms with Crippen molar-refractivity contribution in [2.24, 2.45) is 7.05 Å². The molecule has 0 aliphatic carbocycles. The van der Waals surface area contributed by atoms with Crippen LogP contribution in [0.3, 0.4) is 0 Å². The van der Waals surface area contributed by atoms with Gasteiger partial charge < -0.3 is 9.88 Å². The molecule has 1 aromatic carbocycles. The summed E-state index contributed by atoms with van der Waals surface area (Å²) in [6.45, 7) is 0. The fraction of sp³-hybridized carbons (Fsp3) is 0.357. The van der Waals surface area contributed by atoms with Crippen molar-refractivity contribution in [1.82, 2.24) is 9.88 Å². The molecule has 5 nitrogen and oxygen atoms in total. The Morgan fingerprint density at radius 3 is 2.81 bits per heavy atom. The SMILES string of the molecule is Cn1c(C(=O)NC2CCS(=O)(=O)C2)cc2cc(F)ccc21. The molecule has 1 saturated heterocycles. The van der Waals surface area contributed by atoms with Crippen molar-refractivity contribution in [3.63, 3.8) is 0 Å². The Balaban J connectivity index is 1.87. The molecule has 0 radical (unpaired) electrons. The standard InChI is InChI=1S/C14H15FN2O3S/c1-17-12-3-2-10(15)6-9(12)7-13(17)14(18)16-11-4-5-21(19,20)8-11/h2-3,6-7,11H,4-5,8H2,1H3,(H,16,18). The summed E-state index contributed by atoms with van der Waals surface area (Å²) in [7, 11) is -1.31. The van der Waals surface area contributed by atoms with Crippen LogP contribution >= 0.6 is 0 Å². The predicted molar refractivity (Wildman–Crippen MR) is 77.4 cm³/mol. The van der Waals surface area contributed by atoms with Gasteiger partial charge in [0.05, 0.1) is 11.5 Å². The van der Waals surface area contributed by atoms with Gasteiger partial charge in [-0.25, -0.2) is 12.8 Å². The molecule has 1 amide bonds. The maximum Gasteiger partial charge on any atom is 0.268 e. The van der Waals surface area contributed by atoms with Crippen molar-refractivity contribution in [2.75, 3.05) is 11.5 Å². The summed E-state index contributed by atoms with van der Waals surface area (Å²) in [6, 6.07) is 5.58. The fourth-order valence-electron chi connectivity index (χ4n) is 2.71. The van der Waals surface area contributed by atoms with E-state index in [1.54, 1.807) is 23.7 Å². The van der Waals surface area contributed by atoms with Crippen LogP contribution in [0.2, 0.25) is 0 Å². The van der Waals surface area contributed by atoms with E-state index >= 15 is 0 Å². The molecule has 1 atom stereocenters. The molecule has 3 rings (SSSR count). The molecule has 1 N–H and O–H groups in total. The van der Waals surface area contributed by atoms with Gasteiger partial charge in [0.25, 0.3) is 5.91 Å². The number of hydrogen-bond acceptors (Lipinski definition) is 3. The Morgan fingerprint density at radius 1 is 1.38 bits per heavy atom. The monoisotopic (exact) mass is 310 g/mol. The Morgan fingerprint density at radius 2 is 2.14 bits per heavy atom. The van der Waals surface area contributed by atoms with Gasteiger partial charge in [0.2, 0.25) is 0 Å². The van der Waals surface area contributed by atoms with Crippen LogP contribution in [-0.4, -0.2) is 36.4 Å². The zero-order valence-electron chi connectivity index (χ0n) is 11.5. The third-order valence-electron chi connectivity index (χ3n) is 3.80. The van der Waals surface area contributed by atoms with E-state index in [0.717, 1.165) is 5.52 Å². The summed E-state index contributed by atoms with van der Waals surface area (Å²) in [5.74, 6) is -0.603. The topological polar surface area (TPSA) is 68.2 Å². The zero-order valence-corrected chi connectivity index (χ0v) is 12.3. The predicted octanol–water partition coefficient (Wildman–Crippen LogP) is 1.23. The summed E-state index contributed by atoms with van der Waals surface area (Å²) < 4.78 is 37.7. The number of halogens is 1. The number of amides is 1. The number of aryl methyl sites for hydroxylation is 1. The minimum Gasteiger partial charge on any atom is -0.347 e. The summed E-state index contributed by atoms with van der Waals surface area (Å²) >= 11 is 0. The van der Waals surface area contributed by atoms with Crippen molar-refractivity contribution in [2.45, 2.75) is 12.5 Å². The van der Waals surface area contributed by atoms with Gasteiger partial charge in [0.1, 0.15) is 11.5 Å². The van der Waals surface area contributed by atoms with E-state index in [2.05, 4.69) is 5.32 Å². The van der Waals surface area contributed by atoms with E-state index in [9.17, 15) is 17.6 Å². The molecule has 1 fully saturated rings. The molecule has 21 heavy (non-hydrogen) atoms. The van der Waals surface area contributed by atoms with Gasteiger partial charge in [0.15, 0.2) is 9.84 Å². The molecule has 0 spiro atoms. The van der Waals surface area contributed by atoms with Gasteiger partial charge in [-0.2, -0.15) is 0 Å². The normalized spacial score (nSPS) is 20.8.